The molecule has 1 aromatic heterocycles. The highest BCUT2D eigenvalue weighted by molar-refractivity contribution is 7.47. The van der Waals surface area contributed by atoms with Crippen LogP contribution in [0.5, 0.6) is 5.75 Å². The molecule has 190 valence electrons. The Balaban J connectivity index is 0.000000509. The Bertz CT molecular complexity index is 1070. The molecular formula is C21H31ClN3O8P. The van der Waals surface area contributed by atoms with Gasteiger partial charge in [0.05, 0.1) is 11.6 Å². The number of halogens is 1. The van der Waals surface area contributed by atoms with E-state index in [0.29, 0.717) is 0 Å². The van der Waals surface area contributed by atoms with Crippen molar-refractivity contribution in [2.24, 2.45) is 0 Å². The number of phosphoric acid groups is 1. The third kappa shape index (κ3) is 8.06. The molecule has 0 bridgehead atoms. The maximum absolute atomic E-state index is 12.3. The summed E-state index contributed by atoms with van der Waals surface area (Å²) in [5.41, 5.74) is -1.29. The normalized spacial score (nSPS) is 21.6. The molecule has 0 saturated carbocycles. The SMILES string of the molecule is CCN(CC)CC.O=c1ccn([C@H]2C[C@H](OP(=O)(O)Oc3ccccc3Cl)[C@@H](CO)O2)c(=O)[nH]1. The zero-order chi connectivity index (χ0) is 25.3. The van der Waals surface area contributed by atoms with Gasteiger partial charge in [-0.2, -0.15) is 0 Å². The van der Waals surface area contributed by atoms with Crippen LogP contribution in [0.3, 0.4) is 0 Å². The van der Waals surface area contributed by atoms with Gasteiger partial charge in [-0.05, 0) is 31.8 Å². The quantitative estimate of drug-likeness (QED) is 0.425. The van der Waals surface area contributed by atoms with Crippen molar-refractivity contribution in [1.82, 2.24) is 14.5 Å². The molecule has 4 atom stereocenters. The minimum Gasteiger partial charge on any atom is -0.403 e. The molecular weight excluding hydrogens is 489 g/mol. The van der Waals surface area contributed by atoms with Crippen LogP contribution < -0.4 is 15.8 Å². The predicted octanol–water partition coefficient (Wildman–Crippen LogP) is 2.38. The second-order valence-electron chi connectivity index (χ2n) is 7.32. The number of benzene rings is 1. The average Bonchev–Trinajstić information content (AvgIpc) is 3.18. The van der Waals surface area contributed by atoms with E-state index in [1.54, 1.807) is 12.1 Å². The molecule has 0 aliphatic carbocycles. The van der Waals surface area contributed by atoms with Gasteiger partial charge in [-0.1, -0.05) is 44.5 Å². The number of aromatic nitrogens is 2. The van der Waals surface area contributed by atoms with Gasteiger partial charge < -0.3 is 19.3 Å². The lowest BCUT2D eigenvalue weighted by Crippen LogP contribution is -2.31. The summed E-state index contributed by atoms with van der Waals surface area (Å²) >= 11 is 5.89. The van der Waals surface area contributed by atoms with Crippen molar-refractivity contribution in [2.45, 2.75) is 45.6 Å². The molecule has 0 radical (unpaired) electrons. The number of ether oxygens (including phenoxy) is 1. The van der Waals surface area contributed by atoms with Crippen molar-refractivity contribution in [1.29, 1.82) is 0 Å². The molecule has 34 heavy (non-hydrogen) atoms. The summed E-state index contributed by atoms with van der Waals surface area (Å²) in [5, 5.41) is 9.58. The number of hydrogen-bond acceptors (Lipinski definition) is 8. The molecule has 1 aliphatic heterocycles. The second-order valence-corrected chi connectivity index (χ2v) is 9.06. The summed E-state index contributed by atoms with van der Waals surface area (Å²) in [5.74, 6) is -0.0436. The van der Waals surface area contributed by atoms with Crippen LogP contribution in [0.4, 0.5) is 0 Å². The van der Waals surface area contributed by atoms with Gasteiger partial charge in [0, 0.05) is 18.7 Å². The average molecular weight is 520 g/mol. The minimum absolute atomic E-state index is 0.0341. The molecule has 11 nitrogen and oxygen atoms in total. The maximum Gasteiger partial charge on any atom is 0.527 e. The van der Waals surface area contributed by atoms with Crippen molar-refractivity contribution in [3.63, 3.8) is 0 Å². The zero-order valence-corrected chi connectivity index (χ0v) is 20.9. The summed E-state index contributed by atoms with van der Waals surface area (Å²) in [7, 11) is -4.60. The van der Waals surface area contributed by atoms with E-state index in [0.717, 1.165) is 10.6 Å². The van der Waals surface area contributed by atoms with E-state index in [9.17, 15) is 24.2 Å². The van der Waals surface area contributed by atoms with Crippen LogP contribution in [0.25, 0.3) is 0 Å². The Morgan fingerprint density at radius 3 is 2.38 bits per heavy atom. The van der Waals surface area contributed by atoms with Crippen molar-refractivity contribution in [3.05, 3.63) is 62.4 Å². The molecule has 2 heterocycles. The standard InChI is InChI=1S/C15H16ClN2O8P.C6H15N/c16-9-3-1-2-4-10(9)25-27(22,23)26-11-7-14(24-12(11)8-19)18-6-5-13(20)17-15(18)21;1-4-7(5-2)6-3/h1-6,11-12,14,19H,7-8H2,(H,22,23)(H,17,20,21);4-6H2,1-3H3/t11-,12+,14+;/m0./s1. The molecule has 0 amide bonds. The van der Waals surface area contributed by atoms with Gasteiger partial charge in [-0.3, -0.25) is 23.8 Å². The van der Waals surface area contributed by atoms with E-state index < -0.39 is 44.1 Å². The van der Waals surface area contributed by atoms with E-state index in [-0.39, 0.29) is 17.2 Å². The van der Waals surface area contributed by atoms with E-state index in [2.05, 4.69) is 30.7 Å². The number of nitrogens with one attached hydrogen (secondary N) is 1. The van der Waals surface area contributed by atoms with Crippen molar-refractivity contribution in [2.75, 3.05) is 26.2 Å². The Hall–Kier alpha value is -1.98. The van der Waals surface area contributed by atoms with Crippen LogP contribution in [0.2, 0.25) is 5.02 Å². The lowest BCUT2D eigenvalue weighted by atomic mass is 10.2. The fourth-order valence-electron chi connectivity index (χ4n) is 3.31. The lowest BCUT2D eigenvalue weighted by Gasteiger charge is -2.20. The molecule has 3 rings (SSSR count). The van der Waals surface area contributed by atoms with Crippen LogP contribution >= 0.6 is 19.4 Å². The smallest absolute Gasteiger partial charge is 0.403 e. The molecule has 13 heteroatoms. The Morgan fingerprint density at radius 1 is 1.21 bits per heavy atom. The van der Waals surface area contributed by atoms with E-state index in [1.165, 1.54) is 38.0 Å². The van der Waals surface area contributed by atoms with Crippen LogP contribution in [-0.4, -0.2) is 62.9 Å². The molecule has 1 unspecified atom stereocenters. The zero-order valence-electron chi connectivity index (χ0n) is 19.3. The highest BCUT2D eigenvalue weighted by Crippen LogP contribution is 2.49. The fraction of sp³-hybridized carbons (Fsp3) is 0.524. The van der Waals surface area contributed by atoms with E-state index in [1.807, 2.05) is 0 Å². The number of aliphatic hydroxyl groups excluding tert-OH is 1. The molecule has 1 fully saturated rings. The summed E-state index contributed by atoms with van der Waals surface area (Å²) in [6.07, 6.45) is -1.74. The fourth-order valence-corrected chi connectivity index (χ4v) is 4.55. The maximum atomic E-state index is 12.3. The molecule has 2 aromatic rings. The van der Waals surface area contributed by atoms with Gasteiger partial charge >= 0.3 is 13.5 Å². The molecule has 1 aliphatic rings. The number of aromatic amines is 1. The summed E-state index contributed by atoms with van der Waals surface area (Å²) in [4.78, 5) is 37.5. The van der Waals surface area contributed by atoms with Crippen LogP contribution in [0, 0.1) is 0 Å². The van der Waals surface area contributed by atoms with E-state index in [4.69, 9.17) is 25.4 Å². The number of hydrogen-bond donors (Lipinski definition) is 3. The third-order valence-electron chi connectivity index (χ3n) is 5.18. The van der Waals surface area contributed by atoms with Crippen LogP contribution in [0.15, 0.2) is 46.1 Å². The number of rotatable bonds is 9. The van der Waals surface area contributed by atoms with Crippen molar-refractivity contribution >= 4 is 19.4 Å². The van der Waals surface area contributed by atoms with Crippen LogP contribution in [-0.2, 0) is 13.8 Å². The molecule has 0 spiro atoms. The Kier molecular flexibility index (Phi) is 11.0. The number of aliphatic hydroxyl groups is 1. The van der Waals surface area contributed by atoms with Crippen molar-refractivity contribution < 1.29 is 28.3 Å². The number of H-pyrrole nitrogens is 1. The first-order chi connectivity index (χ1) is 16.1. The van der Waals surface area contributed by atoms with Gasteiger partial charge in [0.25, 0.3) is 5.56 Å². The first kappa shape index (κ1) is 28.3. The topological polar surface area (TPSA) is 143 Å². The van der Waals surface area contributed by atoms with Gasteiger partial charge in [0.1, 0.15) is 24.2 Å². The number of nitrogens with zero attached hydrogens (tertiary/aromatic N) is 2. The third-order valence-corrected chi connectivity index (χ3v) is 6.46. The molecule has 1 saturated heterocycles. The highest BCUT2D eigenvalue weighted by atomic mass is 35.5. The minimum atomic E-state index is -4.60. The van der Waals surface area contributed by atoms with Gasteiger partial charge in [-0.25, -0.2) is 9.36 Å². The highest BCUT2D eigenvalue weighted by Gasteiger charge is 2.42. The Morgan fingerprint density at radius 2 is 1.85 bits per heavy atom. The monoisotopic (exact) mass is 519 g/mol. The molecule has 1 aromatic carbocycles. The summed E-state index contributed by atoms with van der Waals surface area (Å²) < 4.78 is 29.0. The van der Waals surface area contributed by atoms with Crippen molar-refractivity contribution in [3.8, 4) is 5.75 Å². The van der Waals surface area contributed by atoms with Gasteiger partial charge in [0.15, 0.2) is 0 Å². The van der Waals surface area contributed by atoms with E-state index >= 15 is 0 Å². The molecule has 3 N–H and O–H groups in total. The summed E-state index contributed by atoms with van der Waals surface area (Å²) in [6, 6.07) is 7.19. The van der Waals surface area contributed by atoms with Gasteiger partial charge in [0.2, 0.25) is 0 Å². The largest absolute Gasteiger partial charge is 0.527 e. The predicted molar refractivity (Wildman–Crippen MR) is 127 cm³/mol. The second kappa shape index (κ2) is 13.2. The Labute approximate surface area is 202 Å². The lowest BCUT2D eigenvalue weighted by molar-refractivity contribution is -0.0449. The summed E-state index contributed by atoms with van der Waals surface area (Å²) in [6.45, 7) is 9.60. The number of para-hydroxylation sites is 1. The number of phosphoric ester groups is 1. The first-order valence-electron chi connectivity index (χ1n) is 10.9. The first-order valence-corrected chi connectivity index (χ1v) is 12.8. The van der Waals surface area contributed by atoms with Crippen LogP contribution in [0.1, 0.15) is 33.4 Å². The van der Waals surface area contributed by atoms with Gasteiger partial charge in [-0.15, -0.1) is 0 Å².